The Bertz CT molecular complexity index is 1460. The topological polar surface area (TPSA) is 60.9 Å². The van der Waals surface area contributed by atoms with E-state index in [0.29, 0.717) is 35.9 Å². The molecule has 0 saturated heterocycles. The second-order valence-electron chi connectivity index (χ2n) is 9.66. The van der Waals surface area contributed by atoms with Crippen molar-refractivity contribution >= 4 is 28.6 Å². The molecule has 0 spiro atoms. The lowest BCUT2D eigenvalue weighted by Gasteiger charge is -2.18. The fraction of sp³-hybridized carbons (Fsp3) is 0.286. The van der Waals surface area contributed by atoms with Gasteiger partial charge < -0.3 is 10.3 Å². The van der Waals surface area contributed by atoms with Gasteiger partial charge in [-0.1, -0.05) is 32.9 Å². The molecule has 0 saturated carbocycles. The maximum atomic E-state index is 13.7. The largest absolute Gasteiger partial charge is 0.366 e. The molecule has 0 fully saturated rings. The normalized spacial score (nSPS) is 15.2. The smallest absolute Gasteiger partial charge is 0.251 e. The van der Waals surface area contributed by atoms with E-state index in [2.05, 4.69) is 26.8 Å². The zero-order valence-electron chi connectivity index (χ0n) is 19.9. The molecule has 4 aromatic rings. The number of fused-ring (bicyclic) bond motifs is 2. The SMILES string of the molecule is CC(C)Cc1nc2c(c(-c3ccc4c(ccn4Cc4ccc(F)c(F)c4)c3)c1C(N)=O)SCC2C. The number of halogens is 2. The van der Waals surface area contributed by atoms with Gasteiger partial charge in [-0.3, -0.25) is 9.78 Å². The summed E-state index contributed by atoms with van der Waals surface area (Å²) in [6.07, 6.45) is 2.62. The van der Waals surface area contributed by atoms with Crippen LogP contribution in [0.1, 0.15) is 54.0 Å². The van der Waals surface area contributed by atoms with E-state index in [0.717, 1.165) is 50.1 Å². The highest BCUT2D eigenvalue weighted by Crippen LogP contribution is 2.47. The first-order chi connectivity index (χ1) is 16.7. The maximum Gasteiger partial charge on any atom is 0.251 e. The molecule has 2 aromatic carbocycles. The molecule has 0 aliphatic carbocycles. The second-order valence-corrected chi connectivity index (χ2v) is 10.7. The Morgan fingerprint density at radius 3 is 2.69 bits per heavy atom. The molecule has 5 rings (SSSR count). The minimum atomic E-state index is -0.852. The zero-order valence-corrected chi connectivity index (χ0v) is 20.8. The van der Waals surface area contributed by atoms with Crippen LogP contribution in [0.25, 0.3) is 22.0 Å². The molecule has 1 unspecified atom stereocenters. The zero-order chi connectivity index (χ0) is 24.9. The van der Waals surface area contributed by atoms with Crippen molar-refractivity contribution < 1.29 is 13.6 Å². The molecule has 0 radical (unpaired) electrons. The van der Waals surface area contributed by atoms with Gasteiger partial charge in [0.2, 0.25) is 0 Å². The third-order valence-corrected chi connectivity index (χ3v) is 7.81. The molecule has 1 aliphatic heterocycles. The van der Waals surface area contributed by atoms with Crippen LogP contribution in [0.15, 0.2) is 53.6 Å². The number of thioether (sulfide) groups is 1. The molecule has 2 aromatic heterocycles. The van der Waals surface area contributed by atoms with Crippen molar-refractivity contribution in [1.82, 2.24) is 9.55 Å². The lowest BCUT2D eigenvalue weighted by Crippen LogP contribution is -2.19. The highest BCUT2D eigenvalue weighted by molar-refractivity contribution is 7.99. The predicted molar refractivity (Wildman–Crippen MR) is 137 cm³/mol. The van der Waals surface area contributed by atoms with Crippen LogP contribution in [-0.2, 0) is 13.0 Å². The summed E-state index contributed by atoms with van der Waals surface area (Å²) in [5.41, 5.74) is 11.7. The molecular weight excluding hydrogens is 464 g/mol. The number of aromatic nitrogens is 2. The van der Waals surface area contributed by atoms with E-state index in [1.54, 1.807) is 17.8 Å². The van der Waals surface area contributed by atoms with Gasteiger partial charge in [0.05, 0.1) is 17.0 Å². The fourth-order valence-electron chi connectivity index (χ4n) is 4.81. The summed E-state index contributed by atoms with van der Waals surface area (Å²) in [6.45, 7) is 6.81. The van der Waals surface area contributed by atoms with Crippen LogP contribution in [0.2, 0.25) is 0 Å². The van der Waals surface area contributed by atoms with Crippen molar-refractivity contribution in [3.8, 4) is 11.1 Å². The van der Waals surface area contributed by atoms with Gasteiger partial charge in [0.25, 0.3) is 5.91 Å². The van der Waals surface area contributed by atoms with Crippen molar-refractivity contribution in [3.05, 3.63) is 82.8 Å². The first-order valence-electron chi connectivity index (χ1n) is 11.8. The summed E-state index contributed by atoms with van der Waals surface area (Å²) in [4.78, 5) is 18.7. The second kappa shape index (κ2) is 9.11. The van der Waals surface area contributed by atoms with Crippen molar-refractivity contribution in [1.29, 1.82) is 0 Å². The molecule has 7 heteroatoms. The van der Waals surface area contributed by atoms with Crippen LogP contribution < -0.4 is 5.73 Å². The Kier molecular flexibility index (Phi) is 6.13. The minimum Gasteiger partial charge on any atom is -0.366 e. The molecular formula is C28H27F2N3OS. The molecule has 2 N–H and O–H groups in total. The first kappa shape index (κ1) is 23.5. The quantitative estimate of drug-likeness (QED) is 0.333. The van der Waals surface area contributed by atoms with Crippen LogP contribution in [0.5, 0.6) is 0 Å². The van der Waals surface area contributed by atoms with Gasteiger partial charge in [-0.05, 0) is 53.8 Å². The number of primary amides is 1. The molecule has 35 heavy (non-hydrogen) atoms. The van der Waals surface area contributed by atoms with E-state index in [1.165, 1.54) is 6.07 Å². The molecule has 3 heterocycles. The number of hydrogen-bond acceptors (Lipinski definition) is 3. The van der Waals surface area contributed by atoms with Gasteiger partial charge in [0.15, 0.2) is 11.6 Å². The van der Waals surface area contributed by atoms with Crippen LogP contribution in [0.4, 0.5) is 8.78 Å². The third-order valence-electron chi connectivity index (χ3n) is 6.44. The van der Waals surface area contributed by atoms with Gasteiger partial charge >= 0.3 is 0 Å². The van der Waals surface area contributed by atoms with Crippen LogP contribution >= 0.6 is 11.8 Å². The summed E-state index contributed by atoms with van der Waals surface area (Å²) in [5, 5.41) is 0.993. The average molecular weight is 492 g/mol. The highest BCUT2D eigenvalue weighted by atomic mass is 32.2. The van der Waals surface area contributed by atoms with Crippen molar-refractivity contribution in [2.45, 2.75) is 44.6 Å². The number of carbonyl (C=O) groups is 1. The Hall–Kier alpha value is -3.19. The first-order valence-corrected chi connectivity index (χ1v) is 12.7. The number of rotatable bonds is 6. The van der Waals surface area contributed by atoms with Gasteiger partial charge in [0.1, 0.15) is 0 Å². The predicted octanol–water partition coefficient (Wildman–Crippen LogP) is 6.54. The molecule has 1 atom stereocenters. The van der Waals surface area contributed by atoms with Crippen molar-refractivity contribution in [3.63, 3.8) is 0 Å². The van der Waals surface area contributed by atoms with Crippen molar-refractivity contribution in [2.24, 2.45) is 11.7 Å². The van der Waals surface area contributed by atoms with Gasteiger partial charge in [-0.15, -0.1) is 11.8 Å². The minimum absolute atomic E-state index is 0.308. The number of amides is 1. The number of benzene rings is 2. The molecule has 1 amide bonds. The van der Waals surface area contributed by atoms with Gasteiger partial charge in [-0.25, -0.2) is 8.78 Å². The van der Waals surface area contributed by atoms with E-state index in [4.69, 9.17) is 10.7 Å². The summed E-state index contributed by atoms with van der Waals surface area (Å²) < 4.78 is 29.0. The standard InChI is InChI=1S/C28H27F2N3OS/c1-15(2)10-22-25(28(31)34)24(27-26(32-22)16(3)14-35-27)19-5-7-23-18(12-19)8-9-33(23)13-17-4-6-20(29)21(30)11-17/h4-9,11-12,15-16H,10,13-14H2,1-3H3,(H2,31,34). The van der Waals surface area contributed by atoms with Crippen LogP contribution in [0.3, 0.4) is 0 Å². The molecule has 180 valence electrons. The van der Waals surface area contributed by atoms with E-state index in [-0.39, 0.29) is 0 Å². The summed E-state index contributed by atoms with van der Waals surface area (Å²) >= 11 is 1.73. The Balaban J connectivity index is 1.62. The van der Waals surface area contributed by atoms with E-state index >= 15 is 0 Å². The lowest BCUT2D eigenvalue weighted by molar-refractivity contribution is 0.0999. The number of hydrogen-bond donors (Lipinski definition) is 1. The monoisotopic (exact) mass is 491 g/mol. The Labute approximate surface area is 207 Å². The Morgan fingerprint density at radius 1 is 1.17 bits per heavy atom. The van der Waals surface area contributed by atoms with E-state index < -0.39 is 17.5 Å². The van der Waals surface area contributed by atoms with Crippen molar-refractivity contribution in [2.75, 3.05) is 5.75 Å². The van der Waals surface area contributed by atoms with Gasteiger partial charge in [0, 0.05) is 45.8 Å². The third kappa shape index (κ3) is 4.33. The van der Waals surface area contributed by atoms with Crippen LogP contribution in [-0.4, -0.2) is 21.2 Å². The van der Waals surface area contributed by atoms with E-state index in [9.17, 15) is 13.6 Å². The summed E-state index contributed by atoms with van der Waals surface area (Å²) in [5.74, 6) is -0.593. The molecule has 4 nitrogen and oxygen atoms in total. The molecule has 1 aliphatic rings. The number of nitrogens with zero attached hydrogens (tertiary/aromatic N) is 2. The number of carbonyl (C=O) groups excluding carboxylic acids is 1. The highest BCUT2D eigenvalue weighted by Gasteiger charge is 2.30. The summed E-state index contributed by atoms with van der Waals surface area (Å²) in [7, 11) is 0. The fourth-order valence-corrected chi connectivity index (χ4v) is 6.14. The number of nitrogens with two attached hydrogens (primary N) is 1. The average Bonchev–Trinajstić information content (AvgIpc) is 3.38. The van der Waals surface area contributed by atoms with Gasteiger partial charge in [-0.2, -0.15) is 0 Å². The van der Waals surface area contributed by atoms with Crippen LogP contribution in [0, 0.1) is 17.6 Å². The lowest BCUT2D eigenvalue weighted by atomic mass is 9.91. The van der Waals surface area contributed by atoms with E-state index in [1.807, 2.05) is 29.0 Å². The number of pyridine rings is 1. The molecule has 0 bridgehead atoms. The Morgan fingerprint density at radius 2 is 1.97 bits per heavy atom. The maximum absolute atomic E-state index is 13.7. The summed E-state index contributed by atoms with van der Waals surface area (Å²) in [6, 6.07) is 12.0.